The minimum Gasteiger partial charge on any atom is -0.493 e. The Morgan fingerprint density at radius 2 is 1.61 bits per heavy atom. The van der Waals surface area contributed by atoms with Crippen molar-refractivity contribution < 1.29 is 32.2 Å². The van der Waals surface area contributed by atoms with Crippen LogP contribution in [0.15, 0.2) is 41.3 Å². The third kappa shape index (κ3) is 4.74. The summed E-state index contributed by atoms with van der Waals surface area (Å²) in [5.41, 5.74) is 0.989. The molecule has 2 aromatic carbocycles. The predicted octanol–water partition coefficient (Wildman–Crippen LogP) is 2.11. The molecule has 0 aliphatic carbocycles. The van der Waals surface area contributed by atoms with Crippen LogP contribution in [-0.2, 0) is 19.4 Å². The predicted molar refractivity (Wildman–Crippen MR) is 115 cm³/mol. The molecule has 1 N–H and O–H groups in total. The monoisotopic (exact) mass is 448 g/mol. The van der Waals surface area contributed by atoms with Crippen LogP contribution in [0.25, 0.3) is 0 Å². The highest BCUT2D eigenvalue weighted by atomic mass is 32.2. The van der Waals surface area contributed by atoms with E-state index in [-0.39, 0.29) is 29.7 Å². The number of ether oxygens (including phenoxy) is 3. The summed E-state index contributed by atoms with van der Waals surface area (Å²) in [5, 5.41) is 2.74. The van der Waals surface area contributed by atoms with Crippen LogP contribution in [0.3, 0.4) is 0 Å². The number of sulfone groups is 1. The van der Waals surface area contributed by atoms with E-state index in [1.165, 1.54) is 50.5 Å². The number of hydrogen-bond donors (Lipinski definition) is 1. The highest BCUT2D eigenvalue weighted by molar-refractivity contribution is 7.90. The molecule has 0 unspecified atom stereocenters. The summed E-state index contributed by atoms with van der Waals surface area (Å²) in [6.07, 6.45) is 1.16. The van der Waals surface area contributed by atoms with Crippen LogP contribution in [0.2, 0.25) is 0 Å². The van der Waals surface area contributed by atoms with Crippen molar-refractivity contribution in [3.05, 3.63) is 36.4 Å². The number of carbonyl (C=O) groups is 2. The van der Waals surface area contributed by atoms with Crippen molar-refractivity contribution in [2.45, 2.75) is 11.3 Å². The molecule has 1 saturated heterocycles. The van der Waals surface area contributed by atoms with Crippen LogP contribution >= 0.6 is 0 Å². The first kappa shape index (κ1) is 22.4. The normalized spacial score (nSPS) is 16.2. The van der Waals surface area contributed by atoms with E-state index >= 15 is 0 Å². The molecule has 31 heavy (non-hydrogen) atoms. The zero-order valence-electron chi connectivity index (χ0n) is 17.7. The zero-order chi connectivity index (χ0) is 22.8. The van der Waals surface area contributed by atoms with E-state index in [0.29, 0.717) is 28.6 Å². The Balaban J connectivity index is 1.76. The molecule has 9 nitrogen and oxygen atoms in total. The second kappa shape index (κ2) is 8.84. The lowest BCUT2D eigenvalue weighted by atomic mass is 10.1. The Morgan fingerprint density at radius 1 is 1.03 bits per heavy atom. The molecule has 1 heterocycles. The molecule has 166 valence electrons. The topological polar surface area (TPSA) is 111 Å². The standard InChI is InChI=1S/C21H24N2O7S/c1-28-17-10-15(11-18(29-2)20(17)30-3)23-12-13(9-19(23)24)21(25)22-14-5-7-16(8-6-14)31(4,26)27/h5-8,10-11,13H,9,12H2,1-4H3,(H,22,25)/t13-/m1/s1. The Hall–Kier alpha value is -3.27. The minimum absolute atomic E-state index is 0.0456. The summed E-state index contributed by atoms with van der Waals surface area (Å²) in [7, 11) is 1.14. The molecule has 10 heteroatoms. The molecule has 0 aromatic heterocycles. The first-order valence-corrected chi connectivity index (χ1v) is 11.3. The molecule has 1 aliphatic rings. The number of carbonyl (C=O) groups excluding carboxylic acids is 2. The van der Waals surface area contributed by atoms with Gasteiger partial charge >= 0.3 is 0 Å². The second-order valence-electron chi connectivity index (χ2n) is 7.07. The summed E-state index contributed by atoms with van der Waals surface area (Å²) in [4.78, 5) is 27.0. The van der Waals surface area contributed by atoms with Crippen LogP contribution in [0.5, 0.6) is 17.2 Å². The van der Waals surface area contributed by atoms with Crippen molar-refractivity contribution in [3.8, 4) is 17.2 Å². The maximum atomic E-state index is 12.7. The van der Waals surface area contributed by atoms with Gasteiger partial charge in [0.15, 0.2) is 21.3 Å². The molecule has 3 rings (SSSR count). The van der Waals surface area contributed by atoms with Crippen molar-refractivity contribution >= 4 is 33.0 Å². The number of nitrogens with one attached hydrogen (secondary N) is 1. The quantitative estimate of drug-likeness (QED) is 0.690. The maximum Gasteiger partial charge on any atom is 0.229 e. The molecule has 1 atom stereocenters. The number of anilines is 2. The fourth-order valence-corrected chi connectivity index (χ4v) is 4.02. The molecule has 0 radical (unpaired) electrons. The van der Waals surface area contributed by atoms with Gasteiger partial charge in [0.05, 0.1) is 37.8 Å². The van der Waals surface area contributed by atoms with E-state index in [9.17, 15) is 18.0 Å². The van der Waals surface area contributed by atoms with Gasteiger partial charge < -0.3 is 24.4 Å². The summed E-state index contributed by atoms with van der Waals surface area (Å²) >= 11 is 0. The van der Waals surface area contributed by atoms with E-state index < -0.39 is 15.8 Å². The average molecular weight is 448 g/mol. The Bertz CT molecular complexity index is 1070. The summed E-state index contributed by atoms with van der Waals surface area (Å²) < 4.78 is 39.1. The molecule has 0 bridgehead atoms. The smallest absolute Gasteiger partial charge is 0.229 e. The summed E-state index contributed by atoms with van der Waals surface area (Å²) in [6, 6.07) is 9.19. The van der Waals surface area contributed by atoms with Crippen LogP contribution in [-0.4, -0.2) is 54.4 Å². The molecule has 0 saturated carbocycles. The first-order chi connectivity index (χ1) is 14.7. The molecule has 1 aliphatic heterocycles. The number of hydrogen-bond acceptors (Lipinski definition) is 7. The second-order valence-corrected chi connectivity index (χ2v) is 9.09. The van der Waals surface area contributed by atoms with Gasteiger partial charge in [-0.05, 0) is 24.3 Å². The highest BCUT2D eigenvalue weighted by Gasteiger charge is 2.36. The molecule has 2 aromatic rings. The number of nitrogens with zero attached hydrogens (tertiary/aromatic N) is 1. The van der Waals surface area contributed by atoms with E-state index in [1.807, 2.05) is 0 Å². The third-order valence-electron chi connectivity index (χ3n) is 5.01. The highest BCUT2D eigenvalue weighted by Crippen LogP contribution is 2.42. The van der Waals surface area contributed by atoms with Gasteiger partial charge in [-0.15, -0.1) is 0 Å². The first-order valence-electron chi connectivity index (χ1n) is 9.39. The van der Waals surface area contributed by atoms with Crippen molar-refractivity contribution in [3.63, 3.8) is 0 Å². The van der Waals surface area contributed by atoms with E-state index in [2.05, 4.69) is 5.32 Å². The molecular weight excluding hydrogens is 424 g/mol. The number of amides is 2. The maximum absolute atomic E-state index is 12.7. The van der Waals surface area contributed by atoms with Crippen LogP contribution < -0.4 is 24.4 Å². The fourth-order valence-electron chi connectivity index (χ4n) is 3.39. The number of methoxy groups -OCH3 is 3. The number of rotatable bonds is 7. The minimum atomic E-state index is -3.32. The number of benzene rings is 2. The van der Waals surface area contributed by atoms with Gasteiger partial charge in [0.1, 0.15) is 0 Å². The Morgan fingerprint density at radius 3 is 2.10 bits per heavy atom. The van der Waals surface area contributed by atoms with Crippen molar-refractivity contribution in [1.29, 1.82) is 0 Å². The van der Waals surface area contributed by atoms with Crippen molar-refractivity contribution in [1.82, 2.24) is 0 Å². The van der Waals surface area contributed by atoms with Crippen LogP contribution in [0, 0.1) is 5.92 Å². The lowest BCUT2D eigenvalue weighted by molar-refractivity contribution is -0.122. The Labute approximate surface area is 180 Å². The van der Waals surface area contributed by atoms with Crippen molar-refractivity contribution in [2.75, 3.05) is 44.3 Å². The lowest BCUT2D eigenvalue weighted by Crippen LogP contribution is -2.28. The summed E-state index contributed by atoms with van der Waals surface area (Å²) in [6.45, 7) is 0.185. The third-order valence-corrected chi connectivity index (χ3v) is 6.14. The SMILES string of the molecule is COc1cc(N2C[C@H](C(=O)Nc3ccc(S(C)(=O)=O)cc3)CC2=O)cc(OC)c1OC. The van der Waals surface area contributed by atoms with Gasteiger partial charge in [-0.2, -0.15) is 0 Å². The van der Waals surface area contributed by atoms with E-state index in [1.54, 1.807) is 12.1 Å². The molecule has 0 spiro atoms. The van der Waals surface area contributed by atoms with Crippen molar-refractivity contribution in [2.24, 2.45) is 5.92 Å². The van der Waals surface area contributed by atoms with E-state index in [4.69, 9.17) is 14.2 Å². The largest absolute Gasteiger partial charge is 0.493 e. The van der Waals surface area contributed by atoms with Gasteiger partial charge in [0.2, 0.25) is 17.6 Å². The summed E-state index contributed by atoms with van der Waals surface area (Å²) in [5.74, 6) is 0.123. The lowest BCUT2D eigenvalue weighted by Gasteiger charge is -2.20. The molecule has 2 amide bonds. The fraction of sp³-hybridized carbons (Fsp3) is 0.333. The Kier molecular flexibility index (Phi) is 6.40. The van der Waals surface area contributed by atoms with Gasteiger partial charge in [-0.3, -0.25) is 9.59 Å². The van der Waals surface area contributed by atoms with Gasteiger partial charge in [0.25, 0.3) is 0 Å². The average Bonchev–Trinajstić information content (AvgIpc) is 3.14. The van der Waals surface area contributed by atoms with E-state index in [0.717, 1.165) is 6.26 Å². The van der Waals surface area contributed by atoms with Gasteiger partial charge in [0, 0.05) is 37.0 Å². The van der Waals surface area contributed by atoms with Crippen LogP contribution in [0.4, 0.5) is 11.4 Å². The molecular formula is C21H24N2O7S. The van der Waals surface area contributed by atoms with Gasteiger partial charge in [-0.1, -0.05) is 0 Å². The zero-order valence-corrected chi connectivity index (χ0v) is 18.5. The molecule has 1 fully saturated rings. The van der Waals surface area contributed by atoms with Crippen LogP contribution in [0.1, 0.15) is 6.42 Å². The van der Waals surface area contributed by atoms with Gasteiger partial charge in [-0.25, -0.2) is 8.42 Å².